The first kappa shape index (κ1) is 13.6. The molecule has 1 unspecified atom stereocenters. The van der Waals surface area contributed by atoms with Crippen molar-refractivity contribution in [2.45, 2.75) is 13.0 Å². The molecule has 3 aromatic rings. The number of aromatic nitrogens is 4. The SMILES string of the molecule is CC(c1ccc(-c2cnc3nccnc3n2)cc1)N(C)C. The van der Waals surface area contributed by atoms with Crippen molar-refractivity contribution in [3.8, 4) is 11.3 Å². The lowest BCUT2D eigenvalue weighted by Gasteiger charge is -2.20. The average molecular weight is 279 g/mol. The van der Waals surface area contributed by atoms with E-state index in [0.717, 1.165) is 11.3 Å². The molecule has 0 fully saturated rings. The standard InChI is InChI=1S/C16H17N5/c1-11(21(2)3)12-4-6-13(7-5-12)14-10-19-15-16(20-14)18-9-8-17-15/h4-11H,1-3H3. The van der Waals surface area contributed by atoms with Gasteiger partial charge in [-0.1, -0.05) is 24.3 Å². The van der Waals surface area contributed by atoms with Crippen LogP contribution in [0.1, 0.15) is 18.5 Å². The molecule has 21 heavy (non-hydrogen) atoms. The Kier molecular flexibility index (Phi) is 3.58. The molecule has 0 amide bonds. The topological polar surface area (TPSA) is 54.8 Å². The fraction of sp³-hybridized carbons (Fsp3) is 0.250. The van der Waals surface area contributed by atoms with Gasteiger partial charge in [-0.3, -0.25) is 0 Å². The van der Waals surface area contributed by atoms with Gasteiger partial charge in [0.05, 0.1) is 11.9 Å². The maximum Gasteiger partial charge on any atom is 0.198 e. The third kappa shape index (κ3) is 2.73. The van der Waals surface area contributed by atoms with Crippen LogP contribution in [0, 0.1) is 0 Å². The predicted octanol–water partition coefficient (Wildman–Crippen LogP) is 2.71. The average Bonchev–Trinajstić information content (AvgIpc) is 2.54. The van der Waals surface area contributed by atoms with Crippen LogP contribution in [0.2, 0.25) is 0 Å². The van der Waals surface area contributed by atoms with E-state index >= 15 is 0 Å². The summed E-state index contributed by atoms with van der Waals surface area (Å²) in [5.41, 5.74) is 4.26. The molecule has 2 aromatic heterocycles. The molecule has 3 rings (SSSR count). The lowest BCUT2D eigenvalue weighted by atomic mass is 10.0. The second-order valence-electron chi connectivity index (χ2n) is 5.22. The molecular formula is C16H17N5. The van der Waals surface area contributed by atoms with E-state index in [1.54, 1.807) is 18.6 Å². The van der Waals surface area contributed by atoms with Crippen molar-refractivity contribution in [2.75, 3.05) is 14.1 Å². The molecule has 0 saturated heterocycles. The minimum absolute atomic E-state index is 0.382. The Bertz CT molecular complexity index is 752. The highest BCUT2D eigenvalue weighted by molar-refractivity contribution is 5.69. The Morgan fingerprint density at radius 2 is 1.57 bits per heavy atom. The van der Waals surface area contributed by atoms with Gasteiger partial charge in [-0.05, 0) is 26.6 Å². The minimum atomic E-state index is 0.382. The molecule has 0 spiro atoms. The number of hydrogen-bond acceptors (Lipinski definition) is 5. The predicted molar refractivity (Wildman–Crippen MR) is 82.7 cm³/mol. The van der Waals surface area contributed by atoms with Gasteiger partial charge in [0.2, 0.25) is 0 Å². The number of fused-ring (bicyclic) bond motifs is 1. The summed E-state index contributed by atoms with van der Waals surface area (Å²) in [4.78, 5) is 19.3. The Labute approximate surface area is 123 Å². The van der Waals surface area contributed by atoms with E-state index in [9.17, 15) is 0 Å². The number of benzene rings is 1. The van der Waals surface area contributed by atoms with Gasteiger partial charge in [-0.15, -0.1) is 0 Å². The summed E-state index contributed by atoms with van der Waals surface area (Å²) in [7, 11) is 4.15. The van der Waals surface area contributed by atoms with Gasteiger partial charge in [0.25, 0.3) is 0 Å². The molecule has 106 valence electrons. The van der Waals surface area contributed by atoms with Crippen molar-refractivity contribution in [1.82, 2.24) is 24.8 Å². The zero-order valence-corrected chi connectivity index (χ0v) is 12.4. The summed E-state index contributed by atoms with van der Waals surface area (Å²) < 4.78 is 0. The molecule has 0 N–H and O–H groups in total. The Morgan fingerprint density at radius 3 is 2.24 bits per heavy atom. The largest absolute Gasteiger partial charge is 0.303 e. The van der Waals surface area contributed by atoms with Crippen LogP contribution < -0.4 is 0 Å². The monoisotopic (exact) mass is 279 g/mol. The Hall–Kier alpha value is -2.40. The van der Waals surface area contributed by atoms with E-state index in [0.29, 0.717) is 17.3 Å². The summed E-state index contributed by atoms with van der Waals surface area (Å²) in [6, 6.07) is 8.78. The molecule has 5 nitrogen and oxygen atoms in total. The molecular weight excluding hydrogens is 262 g/mol. The third-order valence-corrected chi connectivity index (χ3v) is 3.66. The van der Waals surface area contributed by atoms with Crippen molar-refractivity contribution < 1.29 is 0 Å². The van der Waals surface area contributed by atoms with Crippen LogP contribution in [0.5, 0.6) is 0 Å². The highest BCUT2D eigenvalue weighted by atomic mass is 15.1. The quantitative estimate of drug-likeness (QED) is 0.738. The molecule has 0 saturated carbocycles. The maximum absolute atomic E-state index is 4.51. The van der Waals surface area contributed by atoms with Crippen LogP contribution in [0.15, 0.2) is 42.9 Å². The van der Waals surface area contributed by atoms with Gasteiger partial charge < -0.3 is 4.90 Å². The van der Waals surface area contributed by atoms with Gasteiger partial charge in [0.15, 0.2) is 11.3 Å². The fourth-order valence-corrected chi connectivity index (χ4v) is 2.13. The molecule has 0 aliphatic heterocycles. The van der Waals surface area contributed by atoms with Crippen LogP contribution in [0.25, 0.3) is 22.6 Å². The normalized spacial score (nSPS) is 12.8. The summed E-state index contributed by atoms with van der Waals surface area (Å²) >= 11 is 0. The van der Waals surface area contributed by atoms with Crippen molar-refractivity contribution >= 4 is 11.3 Å². The van der Waals surface area contributed by atoms with E-state index in [-0.39, 0.29) is 0 Å². The van der Waals surface area contributed by atoms with Crippen LogP contribution in [-0.2, 0) is 0 Å². The first-order valence-electron chi connectivity index (χ1n) is 6.85. The molecule has 0 bridgehead atoms. The molecule has 1 atom stereocenters. The van der Waals surface area contributed by atoms with Crippen molar-refractivity contribution in [3.05, 3.63) is 48.4 Å². The van der Waals surface area contributed by atoms with E-state index in [4.69, 9.17) is 0 Å². The second kappa shape index (κ2) is 5.54. The van der Waals surface area contributed by atoms with Crippen LogP contribution in [0.3, 0.4) is 0 Å². The van der Waals surface area contributed by atoms with Crippen molar-refractivity contribution in [3.63, 3.8) is 0 Å². The zero-order chi connectivity index (χ0) is 14.8. The van der Waals surface area contributed by atoms with Crippen molar-refractivity contribution in [1.29, 1.82) is 0 Å². The highest BCUT2D eigenvalue weighted by Crippen LogP contribution is 2.22. The molecule has 0 aliphatic rings. The smallest absolute Gasteiger partial charge is 0.198 e. The van der Waals surface area contributed by atoms with Gasteiger partial charge in [0.1, 0.15) is 0 Å². The van der Waals surface area contributed by atoms with Gasteiger partial charge in [-0.2, -0.15) is 0 Å². The zero-order valence-electron chi connectivity index (χ0n) is 12.4. The maximum atomic E-state index is 4.51. The van der Waals surface area contributed by atoms with E-state index < -0.39 is 0 Å². The van der Waals surface area contributed by atoms with Gasteiger partial charge in [0, 0.05) is 24.0 Å². The summed E-state index contributed by atoms with van der Waals surface area (Å²) in [5, 5.41) is 0. The molecule has 2 heterocycles. The summed E-state index contributed by atoms with van der Waals surface area (Å²) in [6.07, 6.45) is 4.98. The highest BCUT2D eigenvalue weighted by Gasteiger charge is 2.09. The lowest BCUT2D eigenvalue weighted by Crippen LogP contribution is -2.16. The van der Waals surface area contributed by atoms with Gasteiger partial charge >= 0.3 is 0 Å². The van der Waals surface area contributed by atoms with E-state index in [2.05, 4.69) is 70.1 Å². The first-order valence-corrected chi connectivity index (χ1v) is 6.85. The molecule has 0 radical (unpaired) electrons. The third-order valence-electron chi connectivity index (χ3n) is 3.66. The fourth-order valence-electron chi connectivity index (χ4n) is 2.13. The Balaban J connectivity index is 1.95. The number of rotatable bonds is 3. The van der Waals surface area contributed by atoms with Crippen molar-refractivity contribution in [2.24, 2.45) is 0 Å². The van der Waals surface area contributed by atoms with E-state index in [1.807, 2.05) is 0 Å². The molecule has 1 aromatic carbocycles. The number of nitrogens with zero attached hydrogens (tertiary/aromatic N) is 5. The van der Waals surface area contributed by atoms with Crippen LogP contribution >= 0.6 is 0 Å². The lowest BCUT2D eigenvalue weighted by molar-refractivity contribution is 0.321. The van der Waals surface area contributed by atoms with Gasteiger partial charge in [-0.25, -0.2) is 19.9 Å². The summed E-state index contributed by atoms with van der Waals surface area (Å²) in [5.74, 6) is 0. The van der Waals surface area contributed by atoms with Crippen LogP contribution in [0.4, 0.5) is 0 Å². The van der Waals surface area contributed by atoms with Crippen LogP contribution in [-0.4, -0.2) is 38.9 Å². The Morgan fingerprint density at radius 1 is 0.905 bits per heavy atom. The second-order valence-corrected chi connectivity index (χ2v) is 5.22. The minimum Gasteiger partial charge on any atom is -0.303 e. The first-order chi connectivity index (χ1) is 10.1. The molecule has 0 aliphatic carbocycles. The molecule has 5 heteroatoms. The number of hydrogen-bond donors (Lipinski definition) is 0. The summed E-state index contributed by atoms with van der Waals surface area (Å²) in [6.45, 7) is 2.18. The van der Waals surface area contributed by atoms with E-state index in [1.165, 1.54) is 5.56 Å².